The lowest BCUT2D eigenvalue weighted by Crippen LogP contribution is -2.41. The maximum absolute atomic E-state index is 13.3. The highest BCUT2D eigenvalue weighted by molar-refractivity contribution is 14.0. The summed E-state index contributed by atoms with van der Waals surface area (Å²) < 4.78 is 50.6. The molecule has 1 heterocycles. The molecular formula is C17H25F4IN4. The molecule has 1 aliphatic heterocycles. The van der Waals surface area contributed by atoms with Crippen LogP contribution in [0.5, 0.6) is 0 Å². The van der Waals surface area contributed by atoms with Gasteiger partial charge in [0, 0.05) is 33.7 Å². The summed E-state index contributed by atoms with van der Waals surface area (Å²) in [7, 11) is 3.49. The number of guanidine groups is 1. The molecule has 2 rings (SSSR count). The van der Waals surface area contributed by atoms with E-state index in [2.05, 4.69) is 10.3 Å². The first-order valence-electron chi connectivity index (χ1n) is 8.22. The smallest absolute Gasteiger partial charge is 0.356 e. The van der Waals surface area contributed by atoms with Crippen LogP contribution in [0.15, 0.2) is 29.3 Å². The largest absolute Gasteiger partial charge is 0.401 e. The average molecular weight is 488 g/mol. The van der Waals surface area contributed by atoms with Crippen LogP contribution in [0.2, 0.25) is 0 Å². The van der Waals surface area contributed by atoms with E-state index in [0.29, 0.717) is 32.1 Å². The molecule has 0 saturated carbocycles. The van der Waals surface area contributed by atoms with Gasteiger partial charge in [-0.2, -0.15) is 13.2 Å². The Bertz CT molecular complexity index is 594. The quantitative estimate of drug-likeness (QED) is 0.299. The maximum atomic E-state index is 13.3. The van der Waals surface area contributed by atoms with Crippen molar-refractivity contribution in [1.29, 1.82) is 0 Å². The third kappa shape index (κ3) is 7.65. The Labute approximate surface area is 168 Å². The lowest BCUT2D eigenvalue weighted by Gasteiger charge is -2.24. The molecule has 4 nitrogen and oxygen atoms in total. The number of aliphatic imine (C=N–C) groups is 1. The van der Waals surface area contributed by atoms with Crippen molar-refractivity contribution in [2.45, 2.75) is 19.1 Å². The van der Waals surface area contributed by atoms with Crippen LogP contribution < -0.4 is 5.32 Å². The van der Waals surface area contributed by atoms with E-state index in [4.69, 9.17) is 0 Å². The van der Waals surface area contributed by atoms with E-state index in [0.717, 1.165) is 12.0 Å². The summed E-state index contributed by atoms with van der Waals surface area (Å²) in [4.78, 5) is 7.48. The molecule has 1 fully saturated rings. The van der Waals surface area contributed by atoms with Gasteiger partial charge in [-0.1, -0.05) is 12.1 Å². The van der Waals surface area contributed by atoms with Gasteiger partial charge in [-0.3, -0.25) is 9.89 Å². The molecular weight excluding hydrogens is 463 g/mol. The van der Waals surface area contributed by atoms with Gasteiger partial charge in [-0.05, 0) is 36.6 Å². The summed E-state index contributed by atoms with van der Waals surface area (Å²) in [6, 6.07) is 6.35. The predicted octanol–water partition coefficient (Wildman–Crippen LogP) is 3.34. The Morgan fingerprint density at radius 1 is 1.38 bits per heavy atom. The highest BCUT2D eigenvalue weighted by Gasteiger charge is 2.34. The van der Waals surface area contributed by atoms with Crippen molar-refractivity contribution in [2.24, 2.45) is 10.9 Å². The summed E-state index contributed by atoms with van der Waals surface area (Å²) in [5.41, 5.74) is 0.822. The van der Waals surface area contributed by atoms with Crippen molar-refractivity contribution in [3.63, 3.8) is 0 Å². The zero-order valence-corrected chi connectivity index (χ0v) is 17.2. The number of hydrogen-bond acceptors (Lipinski definition) is 2. The molecule has 1 saturated heterocycles. The van der Waals surface area contributed by atoms with Crippen LogP contribution in [0, 0.1) is 11.7 Å². The minimum atomic E-state index is -4.15. The van der Waals surface area contributed by atoms with Gasteiger partial charge < -0.3 is 10.2 Å². The average Bonchev–Trinajstić information content (AvgIpc) is 2.93. The van der Waals surface area contributed by atoms with Crippen molar-refractivity contribution in [3.05, 3.63) is 35.6 Å². The van der Waals surface area contributed by atoms with Gasteiger partial charge in [0.25, 0.3) is 0 Å². The fraction of sp³-hybridized carbons (Fsp3) is 0.588. The number of nitrogens with zero attached hydrogens (tertiary/aromatic N) is 3. The molecule has 0 aromatic heterocycles. The highest BCUT2D eigenvalue weighted by atomic mass is 127. The Morgan fingerprint density at radius 3 is 2.73 bits per heavy atom. The number of rotatable bonds is 5. The number of halogens is 5. The van der Waals surface area contributed by atoms with E-state index in [-0.39, 0.29) is 35.7 Å². The molecule has 1 aromatic rings. The topological polar surface area (TPSA) is 30.9 Å². The lowest BCUT2D eigenvalue weighted by atomic mass is 10.1. The minimum Gasteiger partial charge on any atom is -0.356 e. The lowest BCUT2D eigenvalue weighted by molar-refractivity contribution is -0.143. The van der Waals surface area contributed by atoms with Crippen LogP contribution in [0.25, 0.3) is 0 Å². The second-order valence-corrected chi connectivity index (χ2v) is 6.42. The molecule has 1 atom stereocenters. The van der Waals surface area contributed by atoms with E-state index in [1.54, 1.807) is 13.1 Å². The fourth-order valence-corrected chi connectivity index (χ4v) is 3.08. The first-order valence-corrected chi connectivity index (χ1v) is 8.22. The van der Waals surface area contributed by atoms with Gasteiger partial charge in [0.1, 0.15) is 5.82 Å². The molecule has 1 aliphatic rings. The van der Waals surface area contributed by atoms with Gasteiger partial charge in [0.2, 0.25) is 0 Å². The Kier molecular flexibility index (Phi) is 9.08. The van der Waals surface area contributed by atoms with Gasteiger partial charge >= 0.3 is 6.18 Å². The molecule has 0 radical (unpaired) electrons. The van der Waals surface area contributed by atoms with E-state index in [1.807, 2.05) is 18.0 Å². The first-order chi connectivity index (χ1) is 11.8. The van der Waals surface area contributed by atoms with Crippen LogP contribution in [0.4, 0.5) is 17.6 Å². The van der Waals surface area contributed by atoms with Crippen molar-refractivity contribution in [3.8, 4) is 0 Å². The van der Waals surface area contributed by atoms with E-state index in [9.17, 15) is 17.6 Å². The number of nitrogens with one attached hydrogen (secondary N) is 1. The molecule has 0 bridgehead atoms. The van der Waals surface area contributed by atoms with Crippen LogP contribution in [-0.2, 0) is 6.54 Å². The maximum Gasteiger partial charge on any atom is 0.401 e. The van der Waals surface area contributed by atoms with Crippen molar-refractivity contribution >= 4 is 29.9 Å². The van der Waals surface area contributed by atoms with Crippen LogP contribution in [0.3, 0.4) is 0 Å². The normalized spacial score (nSPS) is 18.5. The molecule has 26 heavy (non-hydrogen) atoms. The summed E-state index contributed by atoms with van der Waals surface area (Å²) in [5.74, 6) is 0.504. The molecule has 148 valence electrons. The second-order valence-electron chi connectivity index (χ2n) is 6.42. The van der Waals surface area contributed by atoms with Crippen LogP contribution in [0.1, 0.15) is 12.0 Å². The third-order valence-corrected chi connectivity index (χ3v) is 4.20. The molecule has 1 aromatic carbocycles. The van der Waals surface area contributed by atoms with Gasteiger partial charge in [0.15, 0.2) is 5.96 Å². The van der Waals surface area contributed by atoms with Crippen molar-refractivity contribution in [2.75, 3.05) is 40.3 Å². The third-order valence-electron chi connectivity index (χ3n) is 4.20. The summed E-state index contributed by atoms with van der Waals surface area (Å²) in [6.07, 6.45) is -3.42. The number of hydrogen-bond donors (Lipinski definition) is 1. The monoisotopic (exact) mass is 488 g/mol. The van der Waals surface area contributed by atoms with Gasteiger partial charge in [-0.15, -0.1) is 24.0 Å². The van der Waals surface area contributed by atoms with Crippen molar-refractivity contribution in [1.82, 2.24) is 15.1 Å². The summed E-state index contributed by atoms with van der Waals surface area (Å²) in [5, 5.41) is 3.20. The zero-order valence-electron chi connectivity index (χ0n) is 14.9. The molecule has 1 unspecified atom stereocenters. The van der Waals surface area contributed by atoms with Crippen LogP contribution >= 0.6 is 24.0 Å². The summed E-state index contributed by atoms with van der Waals surface area (Å²) >= 11 is 0. The standard InChI is InChI=1S/C17H24F4N4.HI/c1-22-16(24(2)10-13-4-3-5-15(18)8-13)23-9-14-6-7-25(11-14)12-17(19,20)21;/h3-5,8,14H,6-7,9-12H2,1-2H3,(H,22,23);1H. The van der Waals surface area contributed by atoms with Crippen molar-refractivity contribution < 1.29 is 17.6 Å². The second kappa shape index (κ2) is 10.3. The number of likely N-dealkylation sites (tertiary alicyclic amines) is 1. The SMILES string of the molecule is CN=C(NCC1CCN(CC(F)(F)F)C1)N(C)Cc1cccc(F)c1.I. The molecule has 0 spiro atoms. The summed E-state index contributed by atoms with van der Waals surface area (Å²) in [6.45, 7) is 1.09. The molecule has 0 amide bonds. The molecule has 0 aliphatic carbocycles. The predicted molar refractivity (Wildman–Crippen MR) is 105 cm³/mol. The minimum absolute atomic E-state index is 0. The molecule has 9 heteroatoms. The highest BCUT2D eigenvalue weighted by Crippen LogP contribution is 2.22. The van der Waals surface area contributed by atoms with Gasteiger partial charge in [-0.25, -0.2) is 4.39 Å². The van der Waals surface area contributed by atoms with E-state index in [1.165, 1.54) is 17.0 Å². The molecule has 1 N–H and O–H groups in total. The Morgan fingerprint density at radius 2 is 2.12 bits per heavy atom. The number of benzene rings is 1. The van der Waals surface area contributed by atoms with E-state index < -0.39 is 12.7 Å². The first kappa shape index (κ1) is 22.9. The van der Waals surface area contributed by atoms with E-state index >= 15 is 0 Å². The fourth-order valence-electron chi connectivity index (χ4n) is 3.08. The Balaban J connectivity index is 0.00000338. The Hall–Kier alpha value is -1.10. The number of alkyl halides is 3. The van der Waals surface area contributed by atoms with Gasteiger partial charge in [0.05, 0.1) is 6.54 Å². The van der Waals surface area contributed by atoms with Crippen LogP contribution in [-0.4, -0.2) is 62.2 Å². The zero-order chi connectivity index (χ0) is 18.4.